The number of hydrogen-bond acceptors (Lipinski definition) is 2. The van der Waals surface area contributed by atoms with Gasteiger partial charge in [0.1, 0.15) is 11.0 Å². The lowest BCUT2D eigenvalue weighted by Gasteiger charge is -2.07. The summed E-state index contributed by atoms with van der Waals surface area (Å²) < 4.78 is 0. The standard InChI is InChI=1S/C21H19N3/c1-14-4-8-16(9-5-14)18-12-13-19(17-10-6-15(2)7-11-17)21-20(18)22-24(3)23-21/h4-13H,1-3H3. The molecule has 1 heterocycles. The molecule has 118 valence electrons. The van der Waals surface area contributed by atoms with Gasteiger partial charge in [-0.25, -0.2) is 0 Å². The fourth-order valence-corrected chi connectivity index (χ4v) is 3.03. The molecule has 0 saturated carbocycles. The minimum atomic E-state index is 0.944. The molecule has 1 aromatic heterocycles. The Morgan fingerprint density at radius 3 is 1.33 bits per heavy atom. The van der Waals surface area contributed by atoms with Crippen molar-refractivity contribution in [2.45, 2.75) is 13.8 Å². The van der Waals surface area contributed by atoms with Crippen molar-refractivity contribution in [2.75, 3.05) is 0 Å². The second-order valence-electron chi connectivity index (χ2n) is 6.28. The molecule has 0 amide bonds. The average Bonchev–Trinajstić information content (AvgIpc) is 2.97. The van der Waals surface area contributed by atoms with Crippen molar-refractivity contribution in [3.63, 3.8) is 0 Å². The maximum Gasteiger partial charge on any atom is 0.121 e. The molecule has 3 aromatic carbocycles. The van der Waals surface area contributed by atoms with Crippen LogP contribution in [0, 0.1) is 13.8 Å². The Morgan fingerprint density at radius 1 is 0.583 bits per heavy atom. The Bertz CT molecular complexity index is 927. The van der Waals surface area contributed by atoms with Crippen LogP contribution in [0.15, 0.2) is 60.7 Å². The van der Waals surface area contributed by atoms with Crippen molar-refractivity contribution < 1.29 is 0 Å². The van der Waals surface area contributed by atoms with Gasteiger partial charge in [-0.2, -0.15) is 15.0 Å². The molecule has 0 N–H and O–H groups in total. The van der Waals surface area contributed by atoms with E-state index in [0.29, 0.717) is 0 Å². The van der Waals surface area contributed by atoms with E-state index in [0.717, 1.165) is 22.2 Å². The number of benzene rings is 3. The average molecular weight is 313 g/mol. The highest BCUT2D eigenvalue weighted by Gasteiger charge is 2.14. The maximum atomic E-state index is 4.62. The molecule has 0 fully saturated rings. The molecule has 0 atom stereocenters. The third-order valence-electron chi connectivity index (χ3n) is 4.37. The first-order valence-electron chi connectivity index (χ1n) is 8.10. The van der Waals surface area contributed by atoms with E-state index in [-0.39, 0.29) is 0 Å². The molecule has 0 unspecified atom stereocenters. The molecule has 0 spiro atoms. The van der Waals surface area contributed by atoms with E-state index in [1.165, 1.54) is 22.3 Å². The van der Waals surface area contributed by atoms with E-state index in [4.69, 9.17) is 0 Å². The monoisotopic (exact) mass is 313 g/mol. The Hall–Kier alpha value is -2.94. The summed E-state index contributed by atoms with van der Waals surface area (Å²) >= 11 is 0. The Kier molecular flexibility index (Phi) is 3.42. The summed E-state index contributed by atoms with van der Waals surface area (Å²) in [5.41, 5.74) is 8.97. The fraction of sp³-hybridized carbons (Fsp3) is 0.143. The first-order valence-corrected chi connectivity index (χ1v) is 8.10. The van der Waals surface area contributed by atoms with Crippen LogP contribution in [-0.2, 0) is 7.05 Å². The molecule has 3 heteroatoms. The number of nitrogens with zero attached hydrogens (tertiary/aromatic N) is 3. The van der Waals surface area contributed by atoms with Crippen LogP contribution in [-0.4, -0.2) is 15.0 Å². The van der Waals surface area contributed by atoms with E-state index < -0.39 is 0 Å². The Labute approximate surface area is 141 Å². The van der Waals surface area contributed by atoms with Crippen molar-refractivity contribution >= 4 is 11.0 Å². The largest absolute Gasteiger partial charge is 0.187 e. The van der Waals surface area contributed by atoms with Gasteiger partial charge in [0.25, 0.3) is 0 Å². The normalized spacial score (nSPS) is 11.1. The van der Waals surface area contributed by atoms with Crippen LogP contribution in [0.2, 0.25) is 0 Å². The van der Waals surface area contributed by atoms with Gasteiger partial charge in [0.05, 0.1) is 0 Å². The lowest BCUT2D eigenvalue weighted by Crippen LogP contribution is -1.91. The quantitative estimate of drug-likeness (QED) is 0.526. The third kappa shape index (κ3) is 2.48. The van der Waals surface area contributed by atoms with Crippen LogP contribution in [0.25, 0.3) is 33.3 Å². The number of fused-ring (bicyclic) bond motifs is 1. The molecule has 24 heavy (non-hydrogen) atoms. The minimum absolute atomic E-state index is 0.944. The second-order valence-corrected chi connectivity index (χ2v) is 6.28. The molecule has 0 radical (unpaired) electrons. The Morgan fingerprint density at radius 2 is 0.958 bits per heavy atom. The molecule has 0 bridgehead atoms. The molecular formula is C21H19N3. The first kappa shape index (κ1) is 14.6. The summed E-state index contributed by atoms with van der Waals surface area (Å²) in [5, 5.41) is 9.24. The number of aryl methyl sites for hydroxylation is 3. The number of hydrogen-bond donors (Lipinski definition) is 0. The van der Waals surface area contributed by atoms with Gasteiger partial charge in [-0.3, -0.25) is 0 Å². The van der Waals surface area contributed by atoms with Crippen molar-refractivity contribution in [3.8, 4) is 22.3 Å². The molecule has 0 aliphatic carbocycles. The molecule has 4 aromatic rings. The van der Waals surface area contributed by atoms with E-state index in [2.05, 4.69) is 84.7 Å². The summed E-state index contributed by atoms with van der Waals surface area (Å²) in [6.45, 7) is 4.20. The van der Waals surface area contributed by atoms with Gasteiger partial charge >= 0.3 is 0 Å². The van der Waals surface area contributed by atoms with E-state index in [1.54, 1.807) is 4.80 Å². The van der Waals surface area contributed by atoms with Crippen molar-refractivity contribution in [2.24, 2.45) is 7.05 Å². The van der Waals surface area contributed by atoms with E-state index >= 15 is 0 Å². The maximum absolute atomic E-state index is 4.62. The van der Waals surface area contributed by atoms with Gasteiger partial charge in [-0.15, -0.1) is 0 Å². The van der Waals surface area contributed by atoms with E-state index in [1.807, 2.05) is 7.05 Å². The summed E-state index contributed by atoms with van der Waals surface area (Å²) in [4.78, 5) is 1.65. The minimum Gasteiger partial charge on any atom is -0.187 e. The number of rotatable bonds is 2. The predicted molar refractivity (Wildman–Crippen MR) is 98.9 cm³/mol. The molecule has 0 aliphatic rings. The zero-order chi connectivity index (χ0) is 16.7. The number of aromatic nitrogens is 3. The second kappa shape index (κ2) is 5.60. The highest BCUT2D eigenvalue weighted by molar-refractivity contribution is 6.00. The molecule has 4 rings (SSSR count). The zero-order valence-electron chi connectivity index (χ0n) is 14.1. The van der Waals surface area contributed by atoms with Crippen molar-refractivity contribution in [1.82, 2.24) is 15.0 Å². The summed E-state index contributed by atoms with van der Waals surface area (Å²) in [5.74, 6) is 0. The first-order chi connectivity index (χ1) is 11.6. The van der Waals surface area contributed by atoms with Crippen LogP contribution in [0.5, 0.6) is 0 Å². The molecule has 0 aliphatic heterocycles. The van der Waals surface area contributed by atoms with Gasteiger partial charge in [-0.1, -0.05) is 71.8 Å². The SMILES string of the molecule is Cc1ccc(-c2ccc(-c3ccc(C)cc3)c3nn(C)nc23)cc1. The van der Waals surface area contributed by atoms with Crippen LogP contribution >= 0.6 is 0 Å². The molecule has 3 nitrogen and oxygen atoms in total. The Balaban J connectivity index is 1.94. The van der Waals surface area contributed by atoms with Gasteiger partial charge in [0, 0.05) is 18.2 Å². The van der Waals surface area contributed by atoms with Gasteiger partial charge in [0.15, 0.2) is 0 Å². The third-order valence-corrected chi connectivity index (χ3v) is 4.37. The van der Waals surface area contributed by atoms with Crippen LogP contribution < -0.4 is 0 Å². The lowest BCUT2D eigenvalue weighted by atomic mass is 9.97. The van der Waals surface area contributed by atoms with Crippen LogP contribution in [0.1, 0.15) is 11.1 Å². The predicted octanol–water partition coefficient (Wildman–Crippen LogP) is 4.92. The van der Waals surface area contributed by atoms with Gasteiger partial charge < -0.3 is 0 Å². The topological polar surface area (TPSA) is 30.7 Å². The summed E-state index contributed by atoms with van der Waals surface area (Å²) in [6, 6.07) is 21.4. The van der Waals surface area contributed by atoms with Crippen LogP contribution in [0.3, 0.4) is 0 Å². The highest BCUT2D eigenvalue weighted by Crippen LogP contribution is 2.33. The lowest BCUT2D eigenvalue weighted by molar-refractivity contribution is 0.665. The highest BCUT2D eigenvalue weighted by atomic mass is 15.4. The van der Waals surface area contributed by atoms with Crippen molar-refractivity contribution in [1.29, 1.82) is 0 Å². The molecule has 0 saturated heterocycles. The zero-order valence-corrected chi connectivity index (χ0v) is 14.1. The summed E-state index contributed by atoms with van der Waals surface area (Å²) in [6.07, 6.45) is 0. The van der Waals surface area contributed by atoms with E-state index in [9.17, 15) is 0 Å². The van der Waals surface area contributed by atoms with Gasteiger partial charge in [-0.05, 0) is 25.0 Å². The smallest absolute Gasteiger partial charge is 0.121 e. The fourth-order valence-electron chi connectivity index (χ4n) is 3.03. The summed E-state index contributed by atoms with van der Waals surface area (Å²) in [7, 11) is 1.87. The molecular weight excluding hydrogens is 294 g/mol. The van der Waals surface area contributed by atoms with Gasteiger partial charge in [0.2, 0.25) is 0 Å². The van der Waals surface area contributed by atoms with Crippen molar-refractivity contribution in [3.05, 3.63) is 71.8 Å². The van der Waals surface area contributed by atoms with Crippen LogP contribution in [0.4, 0.5) is 0 Å².